The summed E-state index contributed by atoms with van der Waals surface area (Å²) in [5.41, 5.74) is 5.37. The van der Waals surface area contributed by atoms with Gasteiger partial charge in [0.2, 0.25) is 5.28 Å². The van der Waals surface area contributed by atoms with Crippen LogP contribution in [0.15, 0.2) is 6.20 Å². The van der Waals surface area contributed by atoms with E-state index >= 15 is 0 Å². The van der Waals surface area contributed by atoms with Gasteiger partial charge in [0, 0.05) is 18.3 Å². The van der Waals surface area contributed by atoms with Crippen molar-refractivity contribution in [3.8, 4) is 0 Å². The van der Waals surface area contributed by atoms with E-state index in [1.54, 1.807) is 0 Å². The van der Waals surface area contributed by atoms with Gasteiger partial charge in [0.1, 0.15) is 11.3 Å². The summed E-state index contributed by atoms with van der Waals surface area (Å²) in [7, 11) is 0. The Bertz CT molecular complexity index is 324. The molecule has 0 bridgehead atoms. The van der Waals surface area contributed by atoms with Crippen LogP contribution in [0.25, 0.3) is 0 Å². The van der Waals surface area contributed by atoms with Gasteiger partial charge in [-0.1, -0.05) is 11.6 Å². The number of aromatic nitrogens is 2. The number of aliphatic hydroxyl groups is 2. The van der Waals surface area contributed by atoms with E-state index in [0.29, 0.717) is 0 Å². The molecule has 5 nitrogen and oxygen atoms in total. The molecule has 0 aliphatic rings. The van der Waals surface area contributed by atoms with Crippen LogP contribution < -0.4 is 5.73 Å². The monoisotopic (exact) mass is 237 g/mol. The fourth-order valence-corrected chi connectivity index (χ4v) is 1.30. The lowest BCUT2D eigenvalue weighted by atomic mass is 10.1. The highest BCUT2D eigenvalue weighted by molar-refractivity contribution is 6.32. The zero-order valence-electron chi connectivity index (χ0n) is 7.06. The predicted octanol–water partition coefficient (Wildman–Crippen LogP) is 0.136. The summed E-state index contributed by atoms with van der Waals surface area (Å²) < 4.78 is 0. The first-order valence-electron chi connectivity index (χ1n) is 3.80. The normalized spacial score (nSPS) is 15.2. The smallest absolute Gasteiger partial charge is 0.223 e. The molecule has 0 saturated heterocycles. The van der Waals surface area contributed by atoms with E-state index in [1.807, 2.05) is 0 Å². The maximum atomic E-state index is 9.52. The number of hydrogen-bond donors (Lipinski definition) is 3. The number of aliphatic hydroxyl groups excluding tert-OH is 2. The predicted molar refractivity (Wildman–Crippen MR) is 52.1 cm³/mol. The summed E-state index contributed by atoms with van der Waals surface area (Å²) in [6, 6.07) is 0. The van der Waals surface area contributed by atoms with Gasteiger partial charge in [-0.05, 0) is 11.6 Å². The number of nitrogens with zero attached hydrogens (tertiary/aromatic N) is 2. The van der Waals surface area contributed by atoms with Crippen LogP contribution in [-0.2, 0) is 0 Å². The van der Waals surface area contributed by atoms with E-state index in [-0.39, 0.29) is 22.5 Å². The molecule has 7 heteroatoms. The lowest BCUT2D eigenvalue weighted by molar-refractivity contribution is 0.0240. The maximum Gasteiger partial charge on any atom is 0.223 e. The van der Waals surface area contributed by atoms with Crippen molar-refractivity contribution in [3.63, 3.8) is 0 Å². The van der Waals surface area contributed by atoms with Crippen molar-refractivity contribution in [2.75, 3.05) is 6.54 Å². The van der Waals surface area contributed by atoms with E-state index in [4.69, 9.17) is 28.9 Å². The molecule has 0 fully saturated rings. The summed E-state index contributed by atoms with van der Waals surface area (Å²) in [6.45, 7) is -0.0832. The highest BCUT2D eigenvalue weighted by atomic mass is 35.5. The molecule has 2 unspecified atom stereocenters. The summed E-state index contributed by atoms with van der Waals surface area (Å²) in [5.74, 6) is 0. The molecule has 1 rings (SSSR count). The summed E-state index contributed by atoms with van der Waals surface area (Å²) >= 11 is 11.1. The van der Waals surface area contributed by atoms with Crippen molar-refractivity contribution < 1.29 is 10.2 Å². The average molecular weight is 238 g/mol. The quantitative estimate of drug-likeness (QED) is 0.514. The van der Waals surface area contributed by atoms with Crippen LogP contribution in [0.5, 0.6) is 0 Å². The second kappa shape index (κ2) is 4.86. The van der Waals surface area contributed by atoms with Crippen LogP contribution in [0.4, 0.5) is 0 Å². The third-order valence-electron chi connectivity index (χ3n) is 1.66. The Hall–Kier alpha value is -0.460. The minimum atomic E-state index is -1.20. The van der Waals surface area contributed by atoms with E-state index in [2.05, 4.69) is 9.97 Å². The standard InChI is InChI=1S/C7H9Cl2N3O2/c8-6-3(2-11-7(9)12-6)5(14)4(13)1-10/h2,4-5,13-14H,1,10H2. The van der Waals surface area contributed by atoms with Gasteiger partial charge in [0.25, 0.3) is 0 Å². The Kier molecular flexibility index (Phi) is 4.03. The summed E-state index contributed by atoms with van der Waals surface area (Å²) in [5, 5.41) is 18.8. The first kappa shape index (κ1) is 11.6. The first-order chi connectivity index (χ1) is 6.56. The van der Waals surface area contributed by atoms with E-state index in [9.17, 15) is 10.2 Å². The van der Waals surface area contributed by atoms with Crippen molar-refractivity contribution in [3.05, 3.63) is 22.2 Å². The van der Waals surface area contributed by atoms with Gasteiger partial charge < -0.3 is 15.9 Å². The molecule has 0 aliphatic carbocycles. The lowest BCUT2D eigenvalue weighted by Crippen LogP contribution is -2.27. The fraction of sp³-hybridized carbons (Fsp3) is 0.429. The maximum absolute atomic E-state index is 9.52. The molecular weight excluding hydrogens is 229 g/mol. The van der Waals surface area contributed by atoms with Crippen molar-refractivity contribution in [1.29, 1.82) is 0 Å². The van der Waals surface area contributed by atoms with Crippen LogP contribution >= 0.6 is 23.2 Å². The van der Waals surface area contributed by atoms with Crippen LogP contribution in [0, 0.1) is 0 Å². The molecule has 0 spiro atoms. The molecule has 4 N–H and O–H groups in total. The van der Waals surface area contributed by atoms with Gasteiger partial charge in [-0.3, -0.25) is 0 Å². The Morgan fingerprint density at radius 1 is 1.43 bits per heavy atom. The average Bonchev–Trinajstić information content (AvgIpc) is 2.15. The summed E-state index contributed by atoms with van der Waals surface area (Å²) in [4.78, 5) is 7.25. The number of hydrogen-bond acceptors (Lipinski definition) is 5. The van der Waals surface area contributed by atoms with Crippen molar-refractivity contribution in [1.82, 2.24) is 9.97 Å². The van der Waals surface area contributed by atoms with Crippen LogP contribution in [0.1, 0.15) is 11.7 Å². The van der Waals surface area contributed by atoms with E-state index in [0.717, 1.165) is 0 Å². The molecule has 0 aromatic carbocycles. The van der Waals surface area contributed by atoms with E-state index in [1.165, 1.54) is 6.20 Å². The molecule has 0 radical (unpaired) electrons. The molecular formula is C7H9Cl2N3O2. The molecule has 1 heterocycles. The highest BCUT2D eigenvalue weighted by Gasteiger charge is 2.20. The minimum Gasteiger partial charge on any atom is -0.389 e. The molecule has 78 valence electrons. The van der Waals surface area contributed by atoms with Crippen LogP contribution in [0.3, 0.4) is 0 Å². The molecule has 0 saturated carbocycles. The van der Waals surface area contributed by atoms with E-state index < -0.39 is 12.2 Å². The van der Waals surface area contributed by atoms with Gasteiger partial charge in [-0.2, -0.15) is 0 Å². The third-order valence-corrected chi connectivity index (χ3v) is 2.15. The second-order valence-corrected chi connectivity index (χ2v) is 3.33. The van der Waals surface area contributed by atoms with Crippen molar-refractivity contribution in [2.24, 2.45) is 5.73 Å². The molecule has 0 amide bonds. The Balaban J connectivity index is 2.95. The first-order valence-corrected chi connectivity index (χ1v) is 4.56. The molecule has 1 aromatic rings. The molecule has 0 aliphatic heterocycles. The SMILES string of the molecule is NCC(O)C(O)c1cnc(Cl)nc1Cl. The minimum absolute atomic E-state index is 0.00463. The molecule has 14 heavy (non-hydrogen) atoms. The van der Waals surface area contributed by atoms with Gasteiger partial charge in [-0.15, -0.1) is 0 Å². The van der Waals surface area contributed by atoms with Gasteiger partial charge >= 0.3 is 0 Å². The zero-order chi connectivity index (χ0) is 10.7. The topological polar surface area (TPSA) is 92.3 Å². The van der Waals surface area contributed by atoms with Gasteiger partial charge in [0.15, 0.2) is 0 Å². The Morgan fingerprint density at radius 3 is 2.57 bits per heavy atom. The Labute approximate surface area is 90.5 Å². The highest BCUT2D eigenvalue weighted by Crippen LogP contribution is 2.23. The third kappa shape index (κ3) is 2.52. The van der Waals surface area contributed by atoms with Crippen LogP contribution in [-0.4, -0.2) is 32.8 Å². The second-order valence-electron chi connectivity index (χ2n) is 2.63. The molecule has 2 atom stereocenters. The lowest BCUT2D eigenvalue weighted by Gasteiger charge is -2.16. The van der Waals surface area contributed by atoms with Gasteiger partial charge in [-0.25, -0.2) is 9.97 Å². The number of nitrogens with two attached hydrogens (primary N) is 1. The largest absolute Gasteiger partial charge is 0.389 e. The van der Waals surface area contributed by atoms with Crippen LogP contribution in [0.2, 0.25) is 10.4 Å². The number of halogens is 2. The summed E-state index contributed by atoms with van der Waals surface area (Å²) in [6.07, 6.45) is -1.05. The number of rotatable bonds is 3. The fourth-order valence-electron chi connectivity index (χ4n) is 0.885. The zero-order valence-corrected chi connectivity index (χ0v) is 8.57. The van der Waals surface area contributed by atoms with Gasteiger partial charge in [0.05, 0.1) is 6.10 Å². The van der Waals surface area contributed by atoms with Crippen molar-refractivity contribution >= 4 is 23.2 Å². The molecule has 1 aromatic heterocycles. The van der Waals surface area contributed by atoms with Crippen molar-refractivity contribution in [2.45, 2.75) is 12.2 Å². The Morgan fingerprint density at radius 2 is 2.07 bits per heavy atom.